The van der Waals surface area contributed by atoms with Gasteiger partial charge in [0.05, 0.1) is 0 Å². The third-order valence-electron chi connectivity index (χ3n) is 3.36. The normalized spacial score (nSPS) is 26.8. The second-order valence-electron chi connectivity index (χ2n) is 4.34. The molecular weight excluding hydrogens is 270 g/mol. The maximum atomic E-state index is 3.67. The fraction of sp³-hybridized carbons (Fsp3) is 0.667. The average molecular weight is 288 g/mol. The van der Waals surface area contributed by atoms with E-state index in [0.29, 0.717) is 0 Å². The zero-order valence-corrected chi connectivity index (χ0v) is 11.5. The fourth-order valence-corrected chi connectivity index (χ4v) is 4.53. The lowest BCUT2D eigenvalue weighted by atomic mass is 9.78. The lowest BCUT2D eigenvalue weighted by molar-refractivity contribution is 0.304. The number of halogens is 1. The van der Waals surface area contributed by atoms with E-state index in [-0.39, 0.29) is 0 Å². The fourth-order valence-electron chi connectivity index (χ4n) is 2.63. The first-order valence-electron chi connectivity index (χ1n) is 5.70. The van der Waals surface area contributed by atoms with Gasteiger partial charge in [-0.15, -0.1) is 11.3 Å². The molecule has 1 nitrogen and oxygen atoms in total. The molecule has 0 spiro atoms. The molecule has 0 aliphatic heterocycles. The minimum Gasteiger partial charge on any atom is -0.319 e. The Bertz CT molecular complexity index is 308. The molecule has 0 amide bonds. The van der Waals surface area contributed by atoms with Crippen molar-refractivity contribution in [2.24, 2.45) is 5.92 Å². The Balaban J connectivity index is 2.14. The lowest BCUT2D eigenvalue weighted by Crippen LogP contribution is -2.27. The van der Waals surface area contributed by atoms with Crippen LogP contribution in [0.2, 0.25) is 0 Å². The number of thiophene rings is 1. The van der Waals surface area contributed by atoms with Gasteiger partial charge in [-0.1, -0.05) is 12.8 Å². The molecule has 2 unspecified atom stereocenters. The first kappa shape index (κ1) is 11.6. The Morgan fingerprint density at radius 2 is 2.27 bits per heavy atom. The zero-order valence-electron chi connectivity index (χ0n) is 9.13. The van der Waals surface area contributed by atoms with E-state index < -0.39 is 0 Å². The molecular formula is C12H18BrNS. The van der Waals surface area contributed by atoms with E-state index in [9.17, 15) is 0 Å². The Kier molecular flexibility index (Phi) is 4.23. The van der Waals surface area contributed by atoms with E-state index in [1.165, 1.54) is 30.2 Å². The molecule has 1 aliphatic carbocycles. The Hall–Kier alpha value is 0.140. The van der Waals surface area contributed by atoms with E-state index in [1.54, 1.807) is 4.88 Å². The van der Waals surface area contributed by atoms with Gasteiger partial charge in [0.25, 0.3) is 0 Å². The van der Waals surface area contributed by atoms with Crippen molar-refractivity contribution in [2.45, 2.75) is 31.6 Å². The van der Waals surface area contributed by atoms with Gasteiger partial charge in [-0.3, -0.25) is 0 Å². The zero-order chi connectivity index (χ0) is 10.7. The predicted molar refractivity (Wildman–Crippen MR) is 70.6 cm³/mol. The summed E-state index contributed by atoms with van der Waals surface area (Å²) in [6.07, 6.45) is 5.56. The van der Waals surface area contributed by atoms with Crippen molar-refractivity contribution in [1.82, 2.24) is 5.32 Å². The van der Waals surface area contributed by atoms with Crippen LogP contribution in [0, 0.1) is 5.92 Å². The topological polar surface area (TPSA) is 12.0 Å². The van der Waals surface area contributed by atoms with Crippen LogP contribution in [0.5, 0.6) is 0 Å². The number of hydrogen-bond acceptors (Lipinski definition) is 2. The number of hydrogen-bond donors (Lipinski definition) is 1. The van der Waals surface area contributed by atoms with Crippen molar-refractivity contribution in [1.29, 1.82) is 0 Å². The quantitative estimate of drug-likeness (QED) is 0.886. The maximum absolute atomic E-state index is 3.67. The van der Waals surface area contributed by atoms with Crippen LogP contribution in [-0.4, -0.2) is 13.6 Å². The van der Waals surface area contributed by atoms with Gasteiger partial charge in [-0.05, 0) is 65.6 Å². The molecule has 1 fully saturated rings. The summed E-state index contributed by atoms with van der Waals surface area (Å²) in [5, 5.41) is 5.54. The van der Waals surface area contributed by atoms with Gasteiger partial charge in [0, 0.05) is 9.35 Å². The standard InChI is InChI=1S/C12H18BrNS/c1-14-8-9-4-2-3-5-10(9)12-11(13)6-7-15-12/h6-7,9-10,14H,2-5,8H2,1H3. The summed E-state index contributed by atoms with van der Waals surface area (Å²) in [5.74, 6) is 1.61. The smallest absolute Gasteiger partial charge is 0.0317 e. The van der Waals surface area contributed by atoms with Crippen LogP contribution in [0.15, 0.2) is 15.9 Å². The van der Waals surface area contributed by atoms with Gasteiger partial charge in [0.2, 0.25) is 0 Å². The first-order chi connectivity index (χ1) is 7.33. The van der Waals surface area contributed by atoms with Crippen LogP contribution < -0.4 is 5.32 Å². The summed E-state index contributed by atoms with van der Waals surface area (Å²) in [6.45, 7) is 1.16. The molecule has 2 atom stereocenters. The minimum absolute atomic E-state index is 0.778. The highest BCUT2D eigenvalue weighted by molar-refractivity contribution is 9.10. The summed E-state index contributed by atoms with van der Waals surface area (Å²) in [6, 6.07) is 2.19. The van der Waals surface area contributed by atoms with Crippen molar-refractivity contribution < 1.29 is 0 Å². The molecule has 1 aromatic heterocycles. The van der Waals surface area contributed by atoms with Gasteiger partial charge < -0.3 is 5.32 Å². The van der Waals surface area contributed by atoms with Gasteiger partial charge in [0.15, 0.2) is 0 Å². The van der Waals surface area contributed by atoms with E-state index in [4.69, 9.17) is 0 Å². The number of nitrogens with one attached hydrogen (secondary N) is 1. The number of rotatable bonds is 3. The van der Waals surface area contributed by atoms with Crippen LogP contribution in [0.25, 0.3) is 0 Å². The Labute approximate surface area is 104 Å². The Morgan fingerprint density at radius 1 is 1.47 bits per heavy atom. The molecule has 0 aromatic carbocycles. The van der Waals surface area contributed by atoms with Gasteiger partial charge >= 0.3 is 0 Å². The molecule has 2 rings (SSSR count). The summed E-state index contributed by atoms with van der Waals surface area (Å²) in [5.41, 5.74) is 0. The van der Waals surface area contributed by atoms with Crippen molar-refractivity contribution in [3.8, 4) is 0 Å². The molecule has 3 heteroatoms. The molecule has 0 saturated heterocycles. The third-order valence-corrected chi connectivity index (χ3v) is 5.36. The van der Waals surface area contributed by atoms with E-state index >= 15 is 0 Å². The van der Waals surface area contributed by atoms with Crippen LogP contribution in [-0.2, 0) is 0 Å². The summed E-state index contributed by atoms with van der Waals surface area (Å²) < 4.78 is 1.32. The molecule has 1 heterocycles. The van der Waals surface area contributed by atoms with Crippen LogP contribution in [0.3, 0.4) is 0 Å². The Morgan fingerprint density at radius 3 is 2.93 bits per heavy atom. The average Bonchev–Trinajstić information content (AvgIpc) is 2.66. The highest BCUT2D eigenvalue weighted by Gasteiger charge is 2.27. The third kappa shape index (κ3) is 2.63. The summed E-state index contributed by atoms with van der Waals surface area (Å²) >= 11 is 5.58. The predicted octanol–water partition coefficient (Wildman–Crippen LogP) is 4.00. The van der Waals surface area contributed by atoms with Crippen LogP contribution >= 0.6 is 27.3 Å². The van der Waals surface area contributed by atoms with Crippen LogP contribution in [0.1, 0.15) is 36.5 Å². The van der Waals surface area contributed by atoms with E-state index in [2.05, 4.69) is 39.7 Å². The summed E-state index contributed by atoms with van der Waals surface area (Å²) in [4.78, 5) is 1.56. The van der Waals surface area contributed by atoms with Crippen LogP contribution in [0.4, 0.5) is 0 Å². The van der Waals surface area contributed by atoms with Crippen molar-refractivity contribution in [3.63, 3.8) is 0 Å². The molecule has 1 aliphatic rings. The molecule has 0 bridgehead atoms. The highest BCUT2D eigenvalue weighted by Crippen LogP contribution is 2.42. The molecule has 84 valence electrons. The molecule has 15 heavy (non-hydrogen) atoms. The van der Waals surface area contributed by atoms with Gasteiger partial charge in [-0.25, -0.2) is 0 Å². The van der Waals surface area contributed by atoms with Crippen molar-refractivity contribution in [2.75, 3.05) is 13.6 Å². The second-order valence-corrected chi connectivity index (χ2v) is 6.14. The summed E-state index contributed by atoms with van der Waals surface area (Å²) in [7, 11) is 2.06. The van der Waals surface area contributed by atoms with E-state index in [0.717, 1.165) is 18.4 Å². The maximum Gasteiger partial charge on any atom is 0.0317 e. The molecule has 1 N–H and O–H groups in total. The van der Waals surface area contributed by atoms with Gasteiger partial charge in [0.1, 0.15) is 0 Å². The van der Waals surface area contributed by atoms with Gasteiger partial charge in [-0.2, -0.15) is 0 Å². The minimum atomic E-state index is 0.778. The molecule has 0 radical (unpaired) electrons. The molecule has 1 saturated carbocycles. The monoisotopic (exact) mass is 287 g/mol. The SMILES string of the molecule is CNCC1CCCCC1c1sccc1Br. The largest absolute Gasteiger partial charge is 0.319 e. The van der Waals surface area contributed by atoms with Crippen molar-refractivity contribution in [3.05, 3.63) is 20.8 Å². The van der Waals surface area contributed by atoms with E-state index in [1.807, 2.05) is 11.3 Å². The second kappa shape index (κ2) is 5.46. The lowest BCUT2D eigenvalue weighted by Gasteiger charge is -2.31. The first-order valence-corrected chi connectivity index (χ1v) is 7.37. The van der Waals surface area contributed by atoms with Crippen molar-refractivity contribution >= 4 is 27.3 Å². The molecule has 1 aromatic rings. The highest BCUT2D eigenvalue weighted by atomic mass is 79.9.